The van der Waals surface area contributed by atoms with Crippen molar-refractivity contribution in [2.75, 3.05) is 0 Å². The van der Waals surface area contributed by atoms with Crippen molar-refractivity contribution < 1.29 is 27.8 Å². The Hall–Kier alpha value is -2.70. The highest BCUT2D eigenvalue weighted by Crippen LogP contribution is 2.34. The van der Waals surface area contributed by atoms with Crippen LogP contribution in [0.4, 0.5) is 13.2 Å². The molecule has 1 amide bonds. The van der Waals surface area contributed by atoms with E-state index in [0.29, 0.717) is 5.56 Å². The highest BCUT2D eigenvalue weighted by molar-refractivity contribution is 5.94. The maximum absolute atomic E-state index is 12.1. The zero-order valence-electron chi connectivity index (χ0n) is 10.5. The van der Waals surface area contributed by atoms with E-state index in [1.54, 1.807) is 12.1 Å². The van der Waals surface area contributed by atoms with Crippen LogP contribution < -0.4 is 10.5 Å². The summed E-state index contributed by atoms with van der Waals surface area (Å²) >= 11 is 0. The number of amides is 1. The molecule has 0 aromatic heterocycles. The first-order chi connectivity index (χ1) is 9.76. The highest BCUT2D eigenvalue weighted by Gasteiger charge is 2.31. The molecule has 4 nitrogen and oxygen atoms in total. The molecule has 7 heteroatoms. The van der Waals surface area contributed by atoms with Gasteiger partial charge in [0.25, 0.3) is 0 Å². The number of primary amides is 1. The predicted octanol–water partition coefficient (Wildman–Crippen LogP) is 3.06. The number of halogens is 3. The molecule has 0 saturated carbocycles. The first-order valence-electron chi connectivity index (χ1n) is 5.75. The van der Waals surface area contributed by atoms with Gasteiger partial charge in [-0.05, 0) is 29.8 Å². The van der Waals surface area contributed by atoms with Crippen molar-refractivity contribution in [1.82, 2.24) is 0 Å². The Morgan fingerprint density at radius 1 is 1.14 bits per heavy atom. The average Bonchev–Trinajstić information content (AvgIpc) is 2.37. The fraction of sp³-hybridized carbons (Fsp3) is 0.0714. The van der Waals surface area contributed by atoms with E-state index in [2.05, 4.69) is 4.74 Å². The minimum Gasteiger partial charge on any atom is -0.507 e. The summed E-state index contributed by atoms with van der Waals surface area (Å²) < 4.78 is 40.0. The van der Waals surface area contributed by atoms with Crippen molar-refractivity contribution in [2.24, 2.45) is 5.73 Å². The van der Waals surface area contributed by atoms with Crippen LogP contribution in [0.2, 0.25) is 0 Å². The van der Waals surface area contributed by atoms with Crippen LogP contribution in [-0.4, -0.2) is 17.4 Å². The lowest BCUT2D eigenvalue weighted by atomic mass is 10.0. The first-order valence-corrected chi connectivity index (χ1v) is 5.75. The van der Waals surface area contributed by atoms with E-state index >= 15 is 0 Å². The molecule has 0 spiro atoms. The van der Waals surface area contributed by atoms with Crippen molar-refractivity contribution in [1.29, 1.82) is 0 Å². The molecule has 21 heavy (non-hydrogen) atoms. The van der Waals surface area contributed by atoms with Gasteiger partial charge in [-0.2, -0.15) is 0 Å². The van der Waals surface area contributed by atoms with Gasteiger partial charge in [-0.1, -0.05) is 12.1 Å². The third-order valence-corrected chi connectivity index (χ3v) is 2.66. The molecule has 0 aliphatic carbocycles. The summed E-state index contributed by atoms with van der Waals surface area (Å²) in [6.07, 6.45) is -4.83. The molecule has 0 unspecified atom stereocenters. The van der Waals surface area contributed by atoms with E-state index in [1.807, 2.05) is 0 Å². The molecule has 0 saturated heterocycles. The van der Waals surface area contributed by atoms with E-state index in [-0.39, 0.29) is 11.1 Å². The maximum Gasteiger partial charge on any atom is 0.573 e. The monoisotopic (exact) mass is 297 g/mol. The van der Waals surface area contributed by atoms with Crippen LogP contribution >= 0.6 is 0 Å². The van der Waals surface area contributed by atoms with E-state index in [1.165, 1.54) is 18.2 Å². The van der Waals surface area contributed by atoms with E-state index in [0.717, 1.165) is 12.1 Å². The number of carbonyl (C=O) groups is 1. The lowest BCUT2D eigenvalue weighted by Gasteiger charge is -2.11. The Kier molecular flexibility index (Phi) is 3.75. The SMILES string of the molecule is NC(=O)c1cccc(-c2ccc(OC(F)(F)F)cc2O)c1. The summed E-state index contributed by atoms with van der Waals surface area (Å²) in [5, 5.41) is 9.81. The Bertz CT molecular complexity index is 683. The van der Waals surface area contributed by atoms with Crippen LogP contribution in [0.15, 0.2) is 42.5 Å². The van der Waals surface area contributed by atoms with Crippen molar-refractivity contribution in [3.8, 4) is 22.6 Å². The molecule has 0 atom stereocenters. The molecular weight excluding hydrogens is 287 g/mol. The minimum absolute atomic E-state index is 0.225. The molecule has 0 bridgehead atoms. The number of benzene rings is 2. The predicted molar refractivity (Wildman–Crippen MR) is 68.7 cm³/mol. The number of aromatic hydroxyl groups is 1. The normalized spacial score (nSPS) is 11.2. The van der Waals surface area contributed by atoms with E-state index in [4.69, 9.17) is 5.73 Å². The number of nitrogens with two attached hydrogens (primary N) is 1. The smallest absolute Gasteiger partial charge is 0.507 e. The average molecular weight is 297 g/mol. The number of ether oxygens (including phenoxy) is 1. The highest BCUT2D eigenvalue weighted by atomic mass is 19.4. The number of alkyl halides is 3. The van der Waals surface area contributed by atoms with Crippen molar-refractivity contribution >= 4 is 5.91 Å². The van der Waals surface area contributed by atoms with Crippen LogP contribution in [0.5, 0.6) is 11.5 Å². The minimum atomic E-state index is -4.83. The summed E-state index contributed by atoms with van der Waals surface area (Å²) in [5.74, 6) is -1.58. The van der Waals surface area contributed by atoms with E-state index in [9.17, 15) is 23.1 Å². The summed E-state index contributed by atoms with van der Waals surface area (Å²) in [6, 6.07) is 9.24. The second kappa shape index (κ2) is 5.35. The molecule has 110 valence electrons. The molecule has 2 aromatic rings. The molecule has 0 radical (unpaired) electrons. The third-order valence-electron chi connectivity index (χ3n) is 2.66. The second-order valence-electron chi connectivity index (χ2n) is 4.17. The Morgan fingerprint density at radius 3 is 2.43 bits per heavy atom. The zero-order valence-corrected chi connectivity index (χ0v) is 10.5. The van der Waals surface area contributed by atoms with Gasteiger partial charge in [0.15, 0.2) is 0 Å². The summed E-state index contributed by atoms with van der Waals surface area (Å²) in [6.45, 7) is 0. The molecule has 2 aromatic carbocycles. The Balaban J connectivity index is 2.37. The van der Waals surface area contributed by atoms with Gasteiger partial charge in [0, 0.05) is 17.2 Å². The van der Waals surface area contributed by atoms with E-state index < -0.39 is 23.8 Å². The number of phenolic OH excluding ortho intramolecular Hbond substituents is 1. The van der Waals surface area contributed by atoms with Crippen molar-refractivity contribution in [2.45, 2.75) is 6.36 Å². The summed E-state index contributed by atoms with van der Waals surface area (Å²) in [5.41, 5.74) is 6.07. The van der Waals surface area contributed by atoms with Crippen LogP contribution in [-0.2, 0) is 0 Å². The van der Waals surface area contributed by atoms with Crippen LogP contribution in [0.3, 0.4) is 0 Å². The number of phenols is 1. The molecule has 0 aliphatic rings. The van der Waals surface area contributed by atoms with Gasteiger partial charge in [0.1, 0.15) is 11.5 Å². The number of hydrogen-bond donors (Lipinski definition) is 2. The molecule has 3 N–H and O–H groups in total. The Labute approximate surface area is 117 Å². The van der Waals surface area contributed by atoms with Gasteiger partial charge in [-0.25, -0.2) is 0 Å². The lowest BCUT2D eigenvalue weighted by Crippen LogP contribution is -2.17. The number of hydrogen-bond acceptors (Lipinski definition) is 3. The van der Waals surface area contributed by atoms with Gasteiger partial charge < -0.3 is 15.6 Å². The first kappa shape index (κ1) is 14.7. The van der Waals surface area contributed by atoms with Gasteiger partial charge in [0.2, 0.25) is 5.91 Å². The van der Waals surface area contributed by atoms with Gasteiger partial charge in [-0.3, -0.25) is 4.79 Å². The van der Waals surface area contributed by atoms with Crippen LogP contribution in [0.25, 0.3) is 11.1 Å². The third kappa shape index (κ3) is 3.65. The molecule has 2 rings (SSSR count). The quantitative estimate of drug-likeness (QED) is 0.914. The Morgan fingerprint density at radius 2 is 1.86 bits per heavy atom. The zero-order chi connectivity index (χ0) is 15.6. The maximum atomic E-state index is 12.1. The largest absolute Gasteiger partial charge is 0.573 e. The standard InChI is InChI=1S/C14H10F3NO3/c15-14(16,17)21-10-4-5-11(12(19)7-10)8-2-1-3-9(6-8)13(18)20/h1-7,19H,(H2,18,20). The van der Waals surface area contributed by atoms with Gasteiger partial charge in [0.05, 0.1) is 0 Å². The van der Waals surface area contributed by atoms with Gasteiger partial charge >= 0.3 is 6.36 Å². The molecular formula is C14H10F3NO3. The van der Waals surface area contributed by atoms with Crippen molar-refractivity contribution in [3.05, 3.63) is 48.0 Å². The topological polar surface area (TPSA) is 72.6 Å². The molecule has 0 fully saturated rings. The number of carbonyl (C=O) groups excluding carboxylic acids is 1. The molecule has 0 heterocycles. The lowest BCUT2D eigenvalue weighted by molar-refractivity contribution is -0.274. The van der Waals surface area contributed by atoms with Crippen LogP contribution in [0, 0.1) is 0 Å². The summed E-state index contributed by atoms with van der Waals surface area (Å²) in [7, 11) is 0. The summed E-state index contributed by atoms with van der Waals surface area (Å²) in [4.78, 5) is 11.1. The van der Waals surface area contributed by atoms with Crippen molar-refractivity contribution in [3.63, 3.8) is 0 Å². The molecule has 0 aliphatic heterocycles. The second-order valence-corrected chi connectivity index (χ2v) is 4.17. The van der Waals surface area contributed by atoms with Crippen LogP contribution in [0.1, 0.15) is 10.4 Å². The number of rotatable bonds is 3. The fourth-order valence-electron chi connectivity index (χ4n) is 1.79. The van der Waals surface area contributed by atoms with Gasteiger partial charge in [-0.15, -0.1) is 13.2 Å². The fourth-order valence-corrected chi connectivity index (χ4v) is 1.79.